The average molecular weight is 268 g/mol. The molecule has 0 aliphatic heterocycles. The van der Waals surface area contributed by atoms with E-state index in [1.807, 2.05) is 0 Å². The normalized spacial score (nSPS) is 16.7. The molecule has 0 spiro atoms. The predicted molar refractivity (Wildman–Crippen MR) is 68.0 cm³/mol. The molecule has 0 aromatic heterocycles. The molecule has 0 radical (unpaired) electrons. The van der Waals surface area contributed by atoms with Crippen molar-refractivity contribution >= 4 is 17.9 Å². The van der Waals surface area contributed by atoms with Gasteiger partial charge in [-0.25, -0.2) is 9.59 Å². The first-order valence-electron chi connectivity index (χ1n) is 6.51. The second-order valence-electron chi connectivity index (χ2n) is 4.98. The molecule has 1 saturated carbocycles. The number of ether oxygens (including phenoxy) is 2. The standard InChI is InChI=1S/C14H20O5/c1-9(2)13(16)18-10(3)14(17)19-12(15)8-11-6-4-5-7-11/h10-11H,1,4-8H2,2-3H3. The molecule has 1 aliphatic carbocycles. The first kappa shape index (κ1) is 15.4. The molecule has 0 saturated heterocycles. The van der Waals surface area contributed by atoms with Gasteiger partial charge in [-0.3, -0.25) is 4.79 Å². The Bertz CT molecular complexity index is 379. The number of esters is 3. The lowest BCUT2D eigenvalue weighted by molar-refractivity contribution is -0.172. The molecule has 5 nitrogen and oxygen atoms in total. The SMILES string of the molecule is C=C(C)C(=O)OC(C)C(=O)OC(=O)CC1CCCC1. The van der Waals surface area contributed by atoms with Gasteiger partial charge in [0.2, 0.25) is 0 Å². The van der Waals surface area contributed by atoms with E-state index in [1.54, 1.807) is 0 Å². The molecule has 0 amide bonds. The smallest absolute Gasteiger partial charge is 0.354 e. The van der Waals surface area contributed by atoms with Crippen molar-refractivity contribution in [3.63, 3.8) is 0 Å². The van der Waals surface area contributed by atoms with Crippen LogP contribution in [0.5, 0.6) is 0 Å². The number of hydrogen-bond donors (Lipinski definition) is 0. The lowest BCUT2D eigenvalue weighted by Gasteiger charge is -2.12. The van der Waals surface area contributed by atoms with Crippen molar-refractivity contribution in [1.82, 2.24) is 0 Å². The van der Waals surface area contributed by atoms with Crippen molar-refractivity contribution in [3.05, 3.63) is 12.2 Å². The lowest BCUT2D eigenvalue weighted by Crippen LogP contribution is -2.29. The summed E-state index contributed by atoms with van der Waals surface area (Å²) in [5.74, 6) is -1.74. The molecule has 0 aromatic carbocycles. The Morgan fingerprint density at radius 2 is 1.84 bits per heavy atom. The summed E-state index contributed by atoms with van der Waals surface area (Å²) in [6.45, 7) is 6.25. The van der Waals surface area contributed by atoms with Crippen LogP contribution >= 0.6 is 0 Å². The van der Waals surface area contributed by atoms with Crippen LogP contribution in [-0.4, -0.2) is 24.0 Å². The Labute approximate surface area is 112 Å². The monoisotopic (exact) mass is 268 g/mol. The summed E-state index contributed by atoms with van der Waals surface area (Å²) in [7, 11) is 0. The van der Waals surface area contributed by atoms with Crippen LogP contribution in [0.4, 0.5) is 0 Å². The Morgan fingerprint density at radius 1 is 1.26 bits per heavy atom. The fourth-order valence-electron chi connectivity index (χ4n) is 2.00. The largest absolute Gasteiger partial charge is 0.447 e. The van der Waals surface area contributed by atoms with Crippen molar-refractivity contribution in [2.45, 2.75) is 52.1 Å². The Hall–Kier alpha value is -1.65. The fourth-order valence-corrected chi connectivity index (χ4v) is 2.00. The zero-order chi connectivity index (χ0) is 14.4. The van der Waals surface area contributed by atoms with Crippen LogP contribution in [0.15, 0.2) is 12.2 Å². The Morgan fingerprint density at radius 3 is 2.37 bits per heavy atom. The third-order valence-electron chi connectivity index (χ3n) is 3.11. The summed E-state index contributed by atoms with van der Waals surface area (Å²) in [6, 6.07) is 0. The minimum atomic E-state index is -1.10. The molecule has 1 aliphatic rings. The number of rotatable bonds is 5. The summed E-state index contributed by atoms with van der Waals surface area (Å²) >= 11 is 0. The van der Waals surface area contributed by atoms with Gasteiger partial charge in [0.15, 0.2) is 6.10 Å². The predicted octanol–water partition coefficient (Wildman–Crippen LogP) is 2.14. The molecule has 1 fully saturated rings. The maximum absolute atomic E-state index is 11.5. The highest BCUT2D eigenvalue weighted by Gasteiger charge is 2.25. The third kappa shape index (κ3) is 5.24. The summed E-state index contributed by atoms with van der Waals surface area (Å²) in [5, 5.41) is 0. The highest BCUT2D eigenvalue weighted by Crippen LogP contribution is 2.27. The van der Waals surface area contributed by atoms with Gasteiger partial charge in [-0.15, -0.1) is 0 Å². The number of carbonyl (C=O) groups is 3. The van der Waals surface area contributed by atoms with Crippen LogP contribution in [0, 0.1) is 5.92 Å². The Balaban J connectivity index is 2.34. The molecular formula is C14H20O5. The molecule has 106 valence electrons. The van der Waals surface area contributed by atoms with Gasteiger partial charge in [0.25, 0.3) is 0 Å². The van der Waals surface area contributed by atoms with Crippen molar-refractivity contribution in [2.24, 2.45) is 5.92 Å². The van der Waals surface area contributed by atoms with E-state index in [-0.39, 0.29) is 12.0 Å². The first-order valence-corrected chi connectivity index (χ1v) is 6.51. The van der Waals surface area contributed by atoms with Gasteiger partial charge in [0, 0.05) is 12.0 Å². The van der Waals surface area contributed by atoms with E-state index >= 15 is 0 Å². The van der Waals surface area contributed by atoms with Crippen molar-refractivity contribution in [1.29, 1.82) is 0 Å². The minimum Gasteiger partial charge on any atom is -0.447 e. The van der Waals surface area contributed by atoms with E-state index < -0.39 is 24.0 Å². The highest BCUT2D eigenvalue weighted by molar-refractivity contribution is 5.92. The van der Waals surface area contributed by atoms with E-state index in [9.17, 15) is 14.4 Å². The first-order chi connectivity index (χ1) is 8.90. The Kier molecular flexibility index (Phi) is 5.73. The van der Waals surface area contributed by atoms with Gasteiger partial charge in [0.1, 0.15) is 0 Å². The molecule has 19 heavy (non-hydrogen) atoms. The highest BCUT2D eigenvalue weighted by atomic mass is 16.6. The third-order valence-corrected chi connectivity index (χ3v) is 3.11. The maximum atomic E-state index is 11.5. The van der Waals surface area contributed by atoms with Gasteiger partial charge in [0.05, 0.1) is 0 Å². The summed E-state index contributed by atoms with van der Waals surface area (Å²) < 4.78 is 9.45. The molecule has 0 aromatic rings. The topological polar surface area (TPSA) is 69.7 Å². The van der Waals surface area contributed by atoms with E-state index in [4.69, 9.17) is 4.74 Å². The molecule has 0 bridgehead atoms. The fraction of sp³-hybridized carbons (Fsp3) is 0.643. The maximum Gasteiger partial charge on any atom is 0.354 e. The quantitative estimate of drug-likeness (QED) is 0.434. The average Bonchev–Trinajstić information content (AvgIpc) is 2.80. The molecule has 0 N–H and O–H groups in total. The summed E-state index contributed by atoms with van der Waals surface area (Å²) in [5.41, 5.74) is 0.192. The summed E-state index contributed by atoms with van der Waals surface area (Å²) in [6.07, 6.45) is 3.41. The van der Waals surface area contributed by atoms with Crippen molar-refractivity contribution < 1.29 is 23.9 Å². The molecule has 1 rings (SSSR count). The zero-order valence-electron chi connectivity index (χ0n) is 11.4. The minimum absolute atomic E-state index is 0.192. The van der Waals surface area contributed by atoms with Crippen LogP contribution in [0.25, 0.3) is 0 Å². The molecule has 5 heteroatoms. The molecule has 1 atom stereocenters. The van der Waals surface area contributed by atoms with Gasteiger partial charge < -0.3 is 9.47 Å². The van der Waals surface area contributed by atoms with E-state index in [1.165, 1.54) is 13.8 Å². The van der Waals surface area contributed by atoms with E-state index in [0.717, 1.165) is 25.7 Å². The number of carbonyl (C=O) groups excluding carboxylic acids is 3. The van der Waals surface area contributed by atoms with Crippen LogP contribution in [0.2, 0.25) is 0 Å². The molecule has 0 heterocycles. The summed E-state index contributed by atoms with van der Waals surface area (Å²) in [4.78, 5) is 34.3. The number of hydrogen-bond acceptors (Lipinski definition) is 5. The van der Waals surface area contributed by atoms with Gasteiger partial charge in [-0.2, -0.15) is 0 Å². The second kappa shape index (κ2) is 7.07. The van der Waals surface area contributed by atoms with Gasteiger partial charge in [-0.05, 0) is 32.6 Å². The van der Waals surface area contributed by atoms with E-state index in [2.05, 4.69) is 11.3 Å². The van der Waals surface area contributed by atoms with Crippen molar-refractivity contribution in [2.75, 3.05) is 0 Å². The van der Waals surface area contributed by atoms with Gasteiger partial charge in [-0.1, -0.05) is 19.4 Å². The van der Waals surface area contributed by atoms with Crippen molar-refractivity contribution in [3.8, 4) is 0 Å². The van der Waals surface area contributed by atoms with Crippen LogP contribution in [0.3, 0.4) is 0 Å². The van der Waals surface area contributed by atoms with Crippen LogP contribution in [0.1, 0.15) is 46.0 Å². The van der Waals surface area contributed by atoms with Crippen LogP contribution in [-0.2, 0) is 23.9 Å². The zero-order valence-corrected chi connectivity index (χ0v) is 11.4. The molecular weight excluding hydrogens is 248 g/mol. The lowest BCUT2D eigenvalue weighted by atomic mass is 10.0. The van der Waals surface area contributed by atoms with Gasteiger partial charge >= 0.3 is 17.9 Å². The molecule has 1 unspecified atom stereocenters. The second-order valence-corrected chi connectivity index (χ2v) is 4.98. The van der Waals surface area contributed by atoms with E-state index in [0.29, 0.717) is 5.92 Å². The van der Waals surface area contributed by atoms with Crippen LogP contribution < -0.4 is 0 Å².